The van der Waals surface area contributed by atoms with Gasteiger partial charge in [0.2, 0.25) is 0 Å². The molecule has 0 N–H and O–H groups in total. The number of hydrogen-bond donors (Lipinski definition) is 0. The van der Waals surface area contributed by atoms with E-state index in [1.807, 2.05) is 0 Å². The Bertz CT molecular complexity index is 472. The molecule has 0 heterocycles. The van der Waals surface area contributed by atoms with Gasteiger partial charge in [-0.1, -0.05) is 6.08 Å². The average Bonchev–Trinajstić information content (AvgIpc) is 2.41. The molecule has 23 heavy (non-hydrogen) atoms. The summed E-state index contributed by atoms with van der Waals surface area (Å²) in [6.07, 6.45) is -3.19. The lowest BCUT2D eigenvalue weighted by atomic mass is 10.0. The Labute approximate surface area is 132 Å². The average molecular weight is 339 g/mol. The molecule has 9 heteroatoms. The molecular formula is C14H20F3NO5. The highest BCUT2D eigenvalue weighted by atomic mass is 19.4. The summed E-state index contributed by atoms with van der Waals surface area (Å²) in [4.78, 5) is 34.6. The number of alkyl halides is 3. The van der Waals surface area contributed by atoms with Crippen molar-refractivity contribution < 1.29 is 37.0 Å². The van der Waals surface area contributed by atoms with Crippen molar-refractivity contribution in [3.05, 3.63) is 12.2 Å². The molecule has 0 fully saturated rings. The van der Waals surface area contributed by atoms with Crippen LogP contribution < -0.4 is 0 Å². The third-order valence-corrected chi connectivity index (χ3v) is 2.69. The van der Waals surface area contributed by atoms with Crippen molar-refractivity contribution in [3.63, 3.8) is 0 Å². The van der Waals surface area contributed by atoms with Gasteiger partial charge in [-0.15, -0.1) is 0 Å². The van der Waals surface area contributed by atoms with Crippen molar-refractivity contribution in [2.24, 2.45) is 0 Å². The summed E-state index contributed by atoms with van der Waals surface area (Å²) in [5.41, 5.74) is -1.56. The third kappa shape index (κ3) is 7.16. The van der Waals surface area contributed by atoms with Gasteiger partial charge in [0.05, 0.1) is 18.8 Å². The van der Waals surface area contributed by atoms with Crippen molar-refractivity contribution >= 4 is 17.8 Å². The first-order valence-electron chi connectivity index (χ1n) is 6.86. The summed E-state index contributed by atoms with van der Waals surface area (Å²) >= 11 is 0. The highest BCUT2D eigenvalue weighted by molar-refractivity contribution is 5.87. The lowest BCUT2D eigenvalue weighted by Crippen LogP contribution is -2.54. The maximum absolute atomic E-state index is 12.7. The van der Waals surface area contributed by atoms with E-state index in [0.29, 0.717) is 4.90 Å². The number of ether oxygens (including phenoxy) is 2. The second kappa shape index (κ2) is 8.54. The molecule has 0 radical (unpaired) electrons. The Morgan fingerprint density at radius 1 is 1.04 bits per heavy atom. The van der Waals surface area contributed by atoms with Gasteiger partial charge in [0.15, 0.2) is 0 Å². The number of nitrogens with zero attached hydrogens (tertiary/aromatic N) is 1. The minimum absolute atomic E-state index is 0.0357. The molecule has 0 aliphatic rings. The second-order valence-electron chi connectivity index (χ2n) is 4.93. The molecule has 0 saturated heterocycles. The van der Waals surface area contributed by atoms with E-state index in [1.54, 1.807) is 6.92 Å². The molecule has 0 bridgehead atoms. The maximum atomic E-state index is 12.7. The van der Waals surface area contributed by atoms with Crippen molar-refractivity contribution in [1.82, 2.24) is 4.90 Å². The van der Waals surface area contributed by atoms with Crippen molar-refractivity contribution in [2.75, 3.05) is 19.8 Å². The molecule has 0 spiro atoms. The van der Waals surface area contributed by atoms with E-state index in [2.05, 4.69) is 9.47 Å². The van der Waals surface area contributed by atoms with Crippen LogP contribution in [0.3, 0.4) is 0 Å². The first-order chi connectivity index (χ1) is 10.5. The highest BCUT2D eigenvalue weighted by Gasteiger charge is 2.47. The molecule has 1 amide bonds. The molecule has 0 aromatic rings. The SMILES string of the molecule is CCOC(=O)/C=C/C(C)(C)N(CC(=O)OCC)C(=O)C(F)(F)F. The van der Waals surface area contributed by atoms with Gasteiger partial charge < -0.3 is 14.4 Å². The van der Waals surface area contributed by atoms with E-state index in [-0.39, 0.29) is 13.2 Å². The van der Waals surface area contributed by atoms with Crippen LogP contribution in [0.2, 0.25) is 0 Å². The molecule has 0 aliphatic heterocycles. The number of rotatable bonds is 7. The van der Waals surface area contributed by atoms with Crippen LogP contribution in [0.1, 0.15) is 27.7 Å². The topological polar surface area (TPSA) is 72.9 Å². The van der Waals surface area contributed by atoms with Crippen LogP contribution in [-0.2, 0) is 23.9 Å². The molecule has 0 unspecified atom stereocenters. The minimum atomic E-state index is -5.17. The van der Waals surface area contributed by atoms with E-state index in [1.165, 1.54) is 20.8 Å². The maximum Gasteiger partial charge on any atom is 0.471 e. The first kappa shape index (κ1) is 20.9. The van der Waals surface area contributed by atoms with Crippen LogP contribution in [-0.4, -0.2) is 54.2 Å². The lowest BCUT2D eigenvalue weighted by molar-refractivity contribution is -0.191. The van der Waals surface area contributed by atoms with E-state index < -0.39 is 36.1 Å². The van der Waals surface area contributed by atoms with E-state index in [4.69, 9.17) is 0 Å². The summed E-state index contributed by atoms with van der Waals surface area (Å²) in [5, 5.41) is 0. The Hall–Kier alpha value is -2.06. The number of hydrogen-bond acceptors (Lipinski definition) is 5. The van der Waals surface area contributed by atoms with Crippen LogP contribution in [0.4, 0.5) is 13.2 Å². The molecule has 0 rings (SSSR count). The van der Waals surface area contributed by atoms with Crippen molar-refractivity contribution in [2.45, 2.75) is 39.4 Å². The molecule has 6 nitrogen and oxygen atoms in total. The van der Waals surface area contributed by atoms with Crippen LogP contribution in [0, 0.1) is 0 Å². The van der Waals surface area contributed by atoms with Crippen LogP contribution >= 0.6 is 0 Å². The largest absolute Gasteiger partial charge is 0.471 e. The summed E-state index contributed by atoms with van der Waals surface area (Å²) in [5.74, 6) is -3.96. The van der Waals surface area contributed by atoms with E-state index >= 15 is 0 Å². The fraction of sp³-hybridized carbons (Fsp3) is 0.643. The van der Waals surface area contributed by atoms with E-state index in [0.717, 1.165) is 12.2 Å². The predicted molar refractivity (Wildman–Crippen MR) is 74.3 cm³/mol. The molecule has 0 aromatic carbocycles. The van der Waals surface area contributed by atoms with Gasteiger partial charge in [-0.2, -0.15) is 13.2 Å². The predicted octanol–water partition coefficient (Wildman–Crippen LogP) is 1.84. The minimum Gasteiger partial charge on any atom is -0.465 e. The summed E-state index contributed by atoms with van der Waals surface area (Å²) in [6.45, 7) is 4.73. The lowest BCUT2D eigenvalue weighted by Gasteiger charge is -2.35. The van der Waals surface area contributed by atoms with Gasteiger partial charge in [-0.05, 0) is 27.7 Å². The Morgan fingerprint density at radius 2 is 1.57 bits per heavy atom. The molecule has 0 aliphatic carbocycles. The molecule has 0 aromatic heterocycles. The van der Waals surface area contributed by atoms with Crippen LogP contribution in [0.25, 0.3) is 0 Å². The van der Waals surface area contributed by atoms with Gasteiger partial charge in [-0.3, -0.25) is 9.59 Å². The molecule has 132 valence electrons. The zero-order chi connectivity index (χ0) is 18.3. The van der Waals surface area contributed by atoms with Gasteiger partial charge in [0.1, 0.15) is 6.54 Å². The number of carbonyl (C=O) groups excluding carboxylic acids is 3. The summed E-state index contributed by atoms with van der Waals surface area (Å²) in [6, 6.07) is 0. The van der Waals surface area contributed by atoms with Gasteiger partial charge >= 0.3 is 24.0 Å². The highest BCUT2D eigenvalue weighted by Crippen LogP contribution is 2.25. The second-order valence-corrected chi connectivity index (χ2v) is 4.93. The first-order valence-corrected chi connectivity index (χ1v) is 6.86. The summed E-state index contributed by atoms with van der Waals surface area (Å²) in [7, 11) is 0. The van der Waals surface area contributed by atoms with E-state index in [9.17, 15) is 27.6 Å². The Balaban J connectivity index is 5.42. The molecule has 0 saturated carbocycles. The van der Waals surface area contributed by atoms with Crippen LogP contribution in [0.15, 0.2) is 12.2 Å². The van der Waals surface area contributed by atoms with Gasteiger partial charge in [-0.25, -0.2) is 4.79 Å². The quantitative estimate of drug-likeness (QED) is 0.523. The number of carbonyl (C=O) groups is 3. The standard InChI is InChI=1S/C14H20F3NO5/c1-5-22-10(19)7-8-13(3,4)18(9-11(20)23-6-2)12(21)14(15,16)17/h7-8H,5-6,9H2,1-4H3/b8-7+. The fourth-order valence-corrected chi connectivity index (χ4v) is 1.58. The molecule has 0 atom stereocenters. The van der Waals surface area contributed by atoms with Crippen molar-refractivity contribution in [1.29, 1.82) is 0 Å². The Kier molecular flexibility index (Phi) is 7.78. The third-order valence-electron chi connectivity index (χ3n) is 2.69. The molecular weight excluding hydrogens is 319 g/mol. The van der Waals surface area contributed by atoms with Crippen molar-refractivity contribution in [3.8, 4) is 0 Å². The zero-order valence-electron chi connectivity index (χ0n) is 13.4. The number of halogens is 3. The van der Waals surface area contributed by atoms with Gasteiger partial charge in [0, 0.05) is 6.08 Å². The zero-order valence-corrected chi connectivity index (χ0v) is 13.4. The Morgan fingerprint density at radius 3 is 2.00 bits per heavy atom. The smallest absolute Gasteiger partial charge is 0.465 e. The normalized spacial score (nSPS) is 12.1. The monoisotopic (exact) mass is 339 g/mol. The number of amides is 1. The number of esters is 2. The van der Waals surface area contributed by atoms with Gasteiger partial charge in [0.25, 0.3) is 0 Å². The van der Waals surface area contributed by atoms with Crippen LogP contribution in [0.5, 0.6) is 0 Å². The fourth-order valence-electron chi connectivity index (χ4n) is 1.58. The summed E-state index contributed by atoms with van der Waals surface area (Å²) < 4.78 is 47.4.